The van der Waals surface area contributed by atoms with Gasteiger partial charge in [-0.2, -0.15) is 0 Å². The Balaban J connectivity index is 1.89. The molecule has 1 N–H and O–H groups in total. The number of hydrogen-bond donors (Lipinski definition) is 1. The van der Waals surface area contributed by atoms with Gasteiger partial charge in [0.25, 0.3) is 5.78 Å². The van der Waals surface area contributed by atoms with Crippen molar-refractivity contribution >= 4 is 23.3 Å². The zero-order valence-electron chi connectivity index (χ0n) is 16.8. The summed E-state index contributed by atoms with van der Waals surface area (Å²) in [6, 6.07) is 12.4. The van der Waals surface area contributed by atoms with Crippen LogP contribution in [0.4, 0.5) is 10.2 Å². The summed E-state index contributed by atoms with van der Waals surface area (Å²) in [7, 11) is 0. The molecule has 1 fully saturated rings. The lowest BCUT2D eigenvalue weighted by Crippen LogP contribution is -2.29. The summed E-state index contributed by atoms with van der Waals surface area (Å²) in [5, 5.41) is 14.8. The number of ketones is 1. The molecule has 1 amide bonds. The molecule has 7 nitrogen and oxygen atoms in total. The molecule has 1 aliphatic rings. The molecule has 31 heavy (non-hydrogen) atoms. The number of nitrogens with zero attached hydrogens (tertiary/aromatic N) is 2. The minimum absolute atomic E-state index is 0.124. The average Bonchev–Trinajstić information content (AvgIpc) is 3.30. The van der Waals surface area contributed by atoms with E-state index in [1.165, 1.54) is 23.1 Å². The molecule has 1 aromatic heterocycles. The number of Topliss-reactive ketones (excluding diaryl/α,β-unsaturated/α-hetero) is 1. The lowest BCUT2D eigenvalue weighted by atomic mass is 9.95. The molecule has 2 heterocycles. The SMILES string of the molecule is CCOc1ccc(C2C(=C(O)c3ccc(F)cc3)C(=O)C(=O)N2c2cc(C)on2)cc1. The Morgan fingerprint density at radius 1 is 1.16 bits per heavy atom. The van der Waals surface area contributed by atoms with Crippen LogP contribution in [-0.2, 0) is 9.59 Å². The second-order valence-corrected chi connectivity index (χ2v) is 6.97. The number of rotatable bonds is 5. The highest BCUT2D eigenvalue weighted by molar-refractivity contribution is 6.51. The number of benzene rings is 2. The molecule has 1 saturated heterocycles. The van der Waals surface area contributed by atoms with Crippen LogP contribution in [0.5, 0.6) is 5.75 Å². The maximum absolute atomic E-state index is 13.3. The summed E-state index contributed by atoms with van der Waals surface area (Å²) in [5.74, 6) is -1.38. The zero-order chi connectivity index (χ0) is 22.1. The van der Waals surface area contributed by atoms with E-state index in [1.807, 2.05) is 6.92 Å². The molecule has 3 aromatic rings. The van der Waals surface area contributed by atoms with Gasteiger partial charge >= 0.3 is 5.91 Å². The Bertz CT molecular complexity index is 1170. The van der Waals surface area contributed by atoms with Crippen molar-refractivity contribution in [2.45, 2.75) is 19.9 Å². The number of ether oxygens (including phenoxy) is 1. The number of carbonyl (C=O) groups is 2. The largest absolute Gasteiger partial charge is 0.507 e. The number of aryl methyl sites for hydroxylation is 1. The third-order valence-corrected chi connectivity index (χ3v) is 4.93. The normalized spacial score (nSPS) is 17.9. The van der Waals surface area contributed by atoms with E-state index in [0.717, 1.165) is 12.1 Å². The van der Waals surface area contributed by atoms with Crippen molar-refractivity contribution in [3.05, 3.63) is 82.9 Å². The fourth-order valence-electron chi connectivity index (χ4n) is 3.53. The zero-order valence-corrected chi connectivity index (χ0v) is 16.8. The van der Waals surface area contributed by atoms with Crippen LogP contribution in [0, 0.1) is 12.7 Å². The van der Waals surface area contributed by atoms with Crippen molar-refractivity contribution < 1.29 is 28.3 Å². The molecule has 0 radical (unpaired) electrons. The maximum atomic E-state index is 13.3. The van der Waals surface area contributed by atoms with Crippen LogP contribution in [0.25, 0.3) is 5.76 Å². The maximum Gasteiger partial charge on any atom is 0.301 e. The van der Waals surface area contributed by atoms with Gasteiger partial charge in [-0.25, -0.2) is 4.39 Å². The molecule has 4 rings (SSSR count). The Morgan fingerprint density at radius 2 is 1.84 bits per heavy atom. The van der Waals surface area contributed by atoms with Crippen LogP contribution in [0.2, 0.25) is 0 Å². The van der Waals surface area contributed by atoms with Crippen LogP contribution < -0.4 is 9.64 Å². The number of carbonyl (C=O) groups excluding carboxylic acids is 2. The fraction of sp³-hybridized carbons (Fsp3) is 0.174. The summed E-state index contributed by atoms with van der Waals surface area (Å²) < 4.78 is 23.9. The molecule has 0 spiro atoms. The number of aliphatic hydroxyl groups is 1. The van der Waals surface area contributed by atoms with Gasteiger partial charge in [-0.05, 0) is 55.8 Å². The second kappa shape index (κ2) is 8.06. The molecule has 1 aliphatic heterocycles. The van der Waals surface area contributed by atoms with E-state index in [0.29, 0.717) is 23.7 Å². The number of anilines is 1. The summed E-state index contributed by atoms with van der Waals surface area (Å²) in [6.07, 6.45) is 0. The molecule has 1 unspecified atom stereocenters. The molecular formula is C23H19FN2O5. The standard InChI is InChI=1S/C23H19FN2O5/c1-3-30-17-10-6-14(7-11-17)20-19(21(27)15-4-8-16(24)9-5-15)22(28)23(29)26(20)18-12-13(2)31-25-18/h4-12,20,27H,3H2,1-2H3. The van der Waals surface area contributed by atoms with Crippen molar-refractivity contribution in [1.29, 1.82) is 0 Å². The topological polar surface area (TPSA) is 92.9 Å². The highest BCUT2D eigenvalue weighted by Crippen LogP contribution is 2.42. The molecule has 0 saturated carbocycles. The minimum Gasteiger partial charge on any atom is -0.507 e. The number of halogens is 1. The smallest absolute Gasteiger partial charge is 0.301 e. The van der Waals surface area contributed by atoms with E-state index in [4.69, 9.17) is 9.26 Å². The Kier molecular flexibility index (Phi) is 5.29. The van der Waals surface area contributed by atoms with Crippen molar-refractivity contribution in [2.24, 2.45) is 0 Å². The van der Waals surface area contributed by atoms with Gasteiger partial charge in [0.05, 0.1) is 18.2 Å². The predicted octanol–water partition coefficient (Wildman–Crippen LogP) is 4.15. The molecule has 8 heteroatoms. The molecule has 1 atom stereocenters. The van der Waals surface area contributed by atoms with Crippen LogP contribution in [-0.4, -0.2) is 28.6 Å². The molecular weight excluding hydrogens is 403 g/mol. The second-order valence-electron chi connectivity index (χ2n) is 6.97. The highest BCUT2D eigenvalue weighted by Gasteiger charge is 2.48. The summed E-state index contributed by atoms with van der Waals surface area (Å²) in [6.45, 7) is 4.01. The van der Waals surface area contributed by atoms with E-state index in [9.17, 15) is 19.1 Å². The van der Waals surface area contributed by atoms with Gasteiger partial charge in [0.15, 0.2) is 5.82 Å². The Hall–Kier alpha value is -3.94. The van der Waals surface area contributed by atoms with Crippen LogP contribution in [0.15, 0.2) is 64.7 Å². The van der Waals surface area contributed by atoms with Gasteiger partial charge in [0, 0.05) is 11.6 Å². The Labute approximate surface area is 177 Å². The van der Waals surface area contributed by atoms with E-state index in [1.54, 1.807) is 31.2 Å². The van der Waals surface area contributed by atoms with Gasteiger partial charge in [-0.3, -0.25) is 14.5 Å². The van der Waals surface area contributed by atoms with E-state index < -0.39 is 29.3 Å². The fourth-order valence-corrected chi connectivity index (χ4v) is 3.53. The monoisotopic (exact) mass is 422 g/mol. The quantitative estimate of drug-likeness (QED) is 0.377. The van der Waals surface area contributed by atoms with Gasteiger partial charge in [0.1, 0.15) is 23.1 Å². The van der Waals surface area contributed by atoms with Crippen molar-refractivity contribution in [3.8, 4) is 5.75 Å². The first-order chi connectivity index (χ1) is 14.9. The van der Waals surface area contributed by atoms with Gasteiger partial charge in [-0.1, -0.05) is 17.3 Å². The van der Waals surface area contributed by atoms with E-state index >= 15 is 0 Å². The van der Waals surface area contributed by atoms with Gasteiger partial charge < -0.3 is 14.4 Å². The number of aromatic nitrogens is 1. The summed E-state index contributed by atoms with van der Waals surface area (Å²) in [5.41, 5.74) is 0.653. The van der Waals surface area contributed by atoms with Gasteiger partial charge in [0.2, 0.25) is 0 Å². The van der Waals surface area contributed by atoms with Crippen LogP contribution in [0.3, 0.4) is 0 Å². The lowest BCUT2D eigenvalue weighted by Gasteiger charge is -2.23. The molecule has 0 bridgehead atoms. The number of amides is 1. The first-order valence-electron chi connectivity index (χ1n) is 9.63. The number of hydrogen-bond acceptors (Lipinski definition) is 6. The lowest BCUT2D eigenvalue weighted by molar-refractivity contribution is -0.132. The summed E-state index contributed by atoms with van der Waals surface area (Å²) in [4.78, 5) is 27.1. The van der Waals surface area contributed by atoms with E-state index in [-0.39, 0.29) is 17.0 Å². The van der Waals surface area contributed by atoms with Crippen molar-refractivity contribution in [2.75, 3.05) is 11.5 Å². The first kappa shape index (κ1) is 20.3. The van der Waals surface area contributed by atoms with Crippen molar-refractivity contribution in [1.82, 2.24) is 5.16 Å². The Morgan fingerprint density at radius 3 is 2.42 bits per heavy atom. The number of aliphatic hydroxyl groups excluding tert-OH is 1. The minimum atomic E-state index is -0.953. The molecule has 158 valence electrons. The van der Waals surface area contributed by atoms with E-state index in [2.05, 4.69) is 5.16 Å². The van der Waals surface area contributed by atoms with Gasteiger partial charge in [-0.15, -0.1) is 0 Å². The summed E-state index contributed by atoms with van der Waals surface area (Å²) >= 11 is 0. The van der Waals surface area contributed by atoms with Crippen LogP contribution >= 0.6 is 0 Å². The third kappa shape index (κ3) is 3.68. The van der Waals surface area contributed by atoms with Crippen LogP contribution in [0.1, 0.15) is 29.9 Å². The molecule has 2 aromatic carbocycles. The predicted molar refractivity (Wildman–Crippen MR) is 110 cm³/mol. The van der Waals surface area contributed by atoms with Crippen molar-refractivity contribution in [3.63, 3.8) is 0 Å². The average molecular weight is 422 g/mol. The third-order valence-electron chi connectivity index (χ3n) is 4.93. The first-order valence-corrected chi connectivity index (χ1v) is 9.63. The highest BCUT2D eigenvalue weighted by atomic mass is 19.1. The molecule has 0 aliphatic carbocycles.